The number of benzene rings is 1. The molecule has 170 valence electrons. The Hall–Kier alpha value is -3.21. The van der Waals surface area contributed by atoms with Crippen molar-refractivity contribution in [3.8, 4) is 5.75 Å². The van der Waals surface area contributed by atoms with Crippen molar-refractivity contribution < 1.29 is 39.9 Å². The second-order valence-corrected chi connectivity index (χ2v) is 8.46. The number of phenolic OH excluding ortho intramolecular Hbond substituents is 1. The van der Waals surface area contributed by atoms with E-state index in [1.807, 2.05) is 0 Å². The van der Waals surface area contributed by atoms with Crippen LogP contribution in [0.15, 0.2) is 35.1 Å². The average molecular weight is 444 g/mol. The summed E-state index contributed by atoms with van der Waals surface area (Å²) in [5, 5.41) is 54.4. The minimum atomic E-state index is -2.73. The number of nitrogens with two attached hydrogens (primary N) is 1. The molecule has 0 aliphatic heterocycles. The number of hydrogen-bond donors (Lipinski definition) is 6. The summed E-state index contributed by atoms with van der Waals surface area (Å²) in [5.41, 5.74) is 1.32. The maximum atomic E-state index is 13.6. The number of Topliss-reactive ketones (excluding diaryl/α,β-unsaturated/α-hetero) is 2. The van der Waals surface area contributed by atoms with E-state index in [0.717, 1.165) is 0 Å². The number of primary amides is 1. The lowest BCUT2D eigenvalue weighted by Gasteiger charge is -2.51. The molecule has 1 saturated carbocycles. The lowest BCUT2D eigenvalue weighted by atomic mass is 9.57. The Morgan fingerprint density at radius 1 is 1.25 bits per heavy atom. The van der Waals surface area contributed by atoms with Gasteiger partial charge in [-0.05, 0) is 31.6 Å². The highest BCUT2D eigenvalue weighted by Gasteiger charge is 2.65. The molecule has 0 aromatic heterocycles. The number of carbonyl (C=O) groups excluding carboxylic acids is 3. The van der Waals surface area contributed by atoms with Crippen molar-refractivity contribution in [2.45, 2.75) is 31.1 Å². The summed E-state index contributed by atoms with van der Waals surface area (Å²) in [6.45, 7) is 2.03. The van der Waals surface area contributed by atoms with Crippen LogP contribution in [0, 0.1) is 11.8 Å². The first kappa shape index (κ1) is 22.0. The van der Waals surface area contributed by atoms with E-state index < -0.39 is 69.7 Å². The number of nitrogens with zero attached hydrogens (tertiary/aromatic N) is 1. The zero-order valence-electron chi connectivity index (χ0n) is 17.4. The number of aromatic hydroxyl groups is 1. The summed E-state index contributed by atoms with van der Waals surface area (Å²) < 4.78 is 0. The third-order valence-corrected chi connectivity index (χ3v) is 6.99. The highest BCUT2D eigenvalue weighted by Crippen LogP contribution is 2.55. The van der Waals surface area contributed by atoms with Gasteiger partial charge in [0.05, 0.1) is 17.7 Å². The molecule has 0 spiro atoms. The number of carbonyl (C=O) groups is 3. The molecule has 5 atom stereocenters. The summed E-state index contributed by atoms with van der Waals surface area (Å²) >= 11 is 0. The molecule has 2 unspecified atom stereocenters. The second-order valence-electron chi connectivity index (χ2n) is 8.46. The molecule has 32 heavy (non-hydrogen) atoms. The van der Waals surface area contributed by atoms with Gasteiger partial charge in [0.1, 0.15) is 22.8 Å². The van der Waals surface area contributed by atoms with Crippen molar-refractivity contribution in [2.75, 3.05) is 13.6 Å². The Kier molecular flexibility index (Phi) is 4.92. The number of likely N-dealkylation sites (N-methyl/N-ethyl adjacent to an activating group) is 1. The molecule has 0 heterocycles. The summed E-state index contributed by atoms with van der Waals surface area (Å²) in [7, 11) is 1.56. The van der Waals surface area contributed by atoms with Gasteiger partial charge in [0.15, 0.2) is 11.4 Å². The van der Waals surface area contributed by atoms with Gasteiger partial charge in [0.25, 0.3) is 5.91 Å². The molecule has 3 aliphatic carbocycles. The molecule has 1 amide bonds. The highest BCUT2D eigenvalue weighted by molar-refractivity contribution is 6.24. The number of ketones is 2. The molecule has 1 aromatic carbocycles. The minimum Gasteiger partial charge on any atom is -0.508 e. The molecule has 7 N–H and O–H groups in total. The van der Waals surface area contributed by atoms with Crippen LogP contribution in [0.25, 0.3) is 5.76 Å². The first-order valence-electron chi connectivity index (χ1n) is 10.2. The van der Waals surface area contributed by atoms with Crippen LogP contribution in [0.2, 0.25) is 0 Å². The van der Waals surface area contributed by atoms with Crippen molar-refractivity contribution in [1.29, 1.82) is 0 Å². The first-order valence-corrected chi connectivity index (χ1v) is 10.2. The van der Waals surface area contributed by atoms with Crippen molar-refractivity contribution in [1.82, 2.24) is 4.90 Å². The fraction of sp³-hybridized carbons (Fsp3) is 0.409. The monoisotopic (exact) mass is 444 g/mol. The van der Waals surface area contributed by atoms with Gasteiger partial charge >= 0.3 is 0 Å². The third kappa shape index (κ3) is 2.60. The Morgan fingerprint density at radius 2 is 1.91 bits per heavy atom. The number of amides is 1. The molecule has 0 saturated heterocycles. The van der Waals surface area contributed by atoms with Gasteiger partial charge in [0, 0.05) is 17.4 Å². The fourth-order valence-corrected chi connectivity index (χ4v) is 5.31. The van der Waals surface area contributed by atoms with Crippen molar-refractivity contribution >= 4 is 23.2 Å². The summed E-state index contributed by atoms with van der Waals surface area (Å²) in [6.07, 6.45) is -1.50. The molecule has 10 heteroatoms. The van der Waals surface area contributed by atoms with Gasteiger partial charge in [-0.1, -0.05) is 19.1 Å². The quantitative estimate of drug-likeness (QED) is 0.345. The second kappa shape index (κ2) is 7.16. The van der Waals surface area contributed by atoms with Gasteiger partial charge in [-0.15, -0.1) is 0 Å². The van der Waals surface area contributed by atoms with Crippen LogP contribution < -0.4 is 5.73 Å². The van der Waals surface area contributed by atoms with Crippen LogP contribution in [0.3, 0.4) is 0 Å². The fourth-order valence-electron chi connectivity index (χ4n) is 5.31. The molecular weight excluding hydrogens is 420 g/mol. The Morgan fingerprint density at radius 3 is 2.50 bits per heavy atom. The van der Waals surface area contributed by atoms with E-state index in [9.17, 15) is 39.9 Å². The highest BCUT2D eigenvalue weighted by atomic mass is 16.3. The first-order chi connectivity index (χ1) is 15.0. The molecule has 1 fully saturated rings. The molecule has 0 bridgehead atoms. The topological polar surface area (TPSA) is 182 Å². The van der Waals surface area contributed by atoms with Crippen LogP contribution in [0.4, 0.5) is 0 Å². The van der Waals surface area contributed by atoms with Gasteiger partial charge in [0.2, 0.25) is 5.78 Å². The smallest absolute Gasteiger partial charge is 0.255 e. The number of hydrogen-bond acceptors (Lipinski definition) is 9. The average Bonchev–Trinajstić information content (AvgIpc) is 2.73. The van der Waals surface area contributed by atoms with Crippen molar-refractivity contribution in [3.63, 3.8) is 0 Å². The molecular formula is C22H24N2O8. The standard InChI is InChI=1S/C22H24N2O8/c1-3-24(2)15-10-7-9-13(17(27)12-8(16(9)26)5-4-6-11(12)25)19(29)22(10,32)20(30)14(18(15)28)21(23)31/h4-6,9-10,15-16,25-27,30,32H,3,7H2,1-2H3,(H2,23,31)/t9?,10?,15-,16+,22-/m0/s1. The van der Waals surface area contributed by atoms with Crippen LogP contribution >= 0.6 is 0 Å². The molecule has 3 aliphatic rings. The van der Waals surface area contributed by atoms with Crippen LogP contribution in [-0.2, 0) is 14.4 Å². The third-order valence-electron chi connectivity index (χ3n) is 6.99. The Bertz CT molecular complexity index is 1120. The van der Waals surface area contributed by atoms with Crippen molar-refractivity contribution in [2.24, 2.45) is 17.6 Å². The number of fused-ring (bicyclic) bond motifs is 3. The molecule has 4 rings (SSSR count). The van der Waals surface area contributed by atoms with E-state index in [1.165, 1.54) is 23.1 Å². The Labute approximate surface area is 182 Å². The Balaban J connectivity index is 2.01. The number of rotatable bonds is 3. The van der Waals surface area contributed by atoms with E-state index in [1.54, 1.807) is 14.0 Å². The summed E-state index contributed by atoms with van der Waals surface area (Å²) in [5.74, 6) is -7.74. The number of aliphatic hydroxyl groups is 4. The van der Waals surface area contributed by atoms with E-state index in [0.29, 0.717) is 6.54 Å². The predicted octanol–water partition coefficient (Wildman–Crippen LogP) is -0.155. The molecule has 1 aromatic rings. The lowest BCUT2D eigenvalue weighted by Crippen LogP contribution is -2.66. The summed E-state index contributed by atoms with van der Waals surface area (Å²) in [4.78, 5) is 40.2. The number of aliphatic hydroxyl groups excluding tert-OH is 3. The molecule has 0 radical (unpaired) electrons. The maximum absolute atomic E-state index is 13.6. The van der Waals surface area contributed by atoms with Gasteiger partial charge in [-0.3, -0.25) is 19.3 Å². The van der Waals surface area contributed by atoms with Crippen LogP contribution in [0.1, 0.15) is 30.6 Å². The van der Waals surface area contributed by atoms with E-state index in [-0.39, 0.29) is 23.3 Å². The van der Waals surface area contributed by atoms with Crippen molar-refractivity contribution in [3.05, 3.63) is 46.2 Å². The number of phenols is 1. The summed E-state index contributed by atoms with van der Waals surface area (Å²) in [6, 6.07) is 3.04. The zero-order valence-corrected chi connectivity index (χ0v) is 17.4. The van der Waals surface area contributed by atoms with Gasteiger partial charge in [-0.2, -0.15) is 0 Å². The predicted molar refractivity (Wildman–Crippen MR) is 110 cm³/mol. The molecule has 10 nitrogen and oxygen atoms in total. The van der Waals surface area contributed by atoms with Gasteiger partial charge in [-0.25, -0.2) is 0 Å². The maximum Gasteiger partial charge on any atom is 0.255 e. The van der Waals surface area contributed by atoms with Crippen LogP contribution in [0.5, 0.6) is 5.75 Å². The van der Waals surface area contributed by atoms with Crippen LogP contribution in [-0.4, -0.2) is 73.1 Å². The zero-order chi connectivity index (χ0) is 23.7. The van der Waals surface area contributed by atoms with E-state index in [2.05, 4.69) is 0 Å². The minimum absolute atomic E-state index is 0.158. The van der Waals surface area contributed by atoms with Gasteiger partial charge < -0.3 is 31.3 Å². The lowest BCUT2D eigenvalue weighted by molar-refractivity contribution is -0.156. The van der Waals surface area contributed by atoms with E-state index >= 15 is 0 Å². The normalized spacial score (nSPS) is 32.0. The SMILES string of the molecule is CCN(C)[C@@H]1C(=O)C(C(N)=O)=C(O)[C@@]2(O)C(=O)C3=C(O)c4c(O)cccc4[C@@H](O)C3CC12. The van der Waals surface area contributed by atoms with E-state index in [4.69, 9.17) is 5.73 Å². The largest absolute Gasteiger partial charge is 0.508 e.